The molecule has 0 saturated carbocycles. The summed E-state index contributed by atoms with van der Waals surface area (Å²) in [4.78, 5) is 12.3. The summed E-state index contributed by atoms with van der Waals surface area (Å²) in [6.45, 7) is 4.90. The van der Waals surface area contributed by atoms with Gasteiger partial charge in [-0.25, -0.2) is 13.8 Å². The molecule has 0 aliphatic rings. The smallest absolute Gasteiger partial charge is 0.318 e. The zero-order valence-electron chi connectivity index (χ0n) is 14.8. The van der Waals surface area contributed by atoms with Crippen LogP contribution < -0.4 is 10.1 Å². The second kappa shape index (κ2) is 10.7. The Morgan fingerprint density at radius 2 is 1.96 bits per heavy atom. The number of hydrogen-bond donors (Lipinski definition) is 1. The topological polar surface area (TPSA) is 59.4 Å². The maximum Gasteiger partial charge on any atom is 0.318 e. The van der Waals surface area contributed by atoms with E-state index in [9.17, 15) is 8.78 Å². The average molecular weight is 380 g/mol. The summed E-state index contributed by atoms with van der Waals surface area (Å²) in [5.74, 6) is -0.00867. The van der Waals surface area contributed by atoms with Crippen LogP contribution in [-0.4, -0.2) is 27.4 Å². The normalized spacial score (nSPS) is 11.5. The van der Waals surface area contributed by atoms with Crippen LogP contribution in [0.25, 0.3) is 0 Å². The molecule has 0 bridgehead atoms. The Balaban J connectivity index is 2.06. The molecule has 140 valence electrons. The van der Waals surface area contributed by atoms with Crippen LogP contribution in [0.2, 0.25) is 0 Å². The molecule has 0 aliphatic heterocycles. The second-order valence-electron chi connectivity index (χ2n) is 5.42. The Hall–Kier alpha value is -2.22. The van der Waals surface area contributed by atoms with Gasteiger partial charge in [0.15, 0.2) is 16.8 Å². The summed E-state index contributed by atoms with van der Waals surface area (Å²) < 4.78 is 32.4. The Labute approximate surface area is 156 Å². The molecule has 2 aromatic rings. The Bertz CT molecular complexity index is 726. The molecule has 0 radical (unpaired) electrons. The lowest BCUT2D eigenvalue weighted by Gasteiger charge is -2.11. The standard InChI is InChI=1S/C18H22F2N4OS/c1-3-9-21-18(26-10-4-2)24-16-15(20)11-22-17(23-16)25-12-13-5-7-14(19)8-6-13/h5-8,11H,3-4,9-10,12H2,1-2H3,(H,21,22,23,24). The average Bonchev–Trinajstić information content (AvgIpc) is 2.65. The molecule has 0 saturated heterocycles. The number of thioether (sulfide) groups is 1. The van der Waals surface area contributed by atoms with Crippen molar-refractivity contribution in [3.05, 3.63) is 47.7 Å². The van der Waals surface area contributed by atoms with Gasteiger partial charge >= 0.3 is 6.01 Å². The van der Waals surface area contributed by atoms with Crippen molar-refractivity contribution < 1.29 is 13.5 Å². The van der Waals surface area contributed by atoms with Crippen LogP contribution in [0.15, 0.2) is 35.5 Å². The molecule has 26 heavy (non-hydrogen) atoms. The number of hydrogen-bond acceptors (Lipinski definition) is 5. The van der Waals surface area contributed by atoms with E-state index in [2.05, 4.69) is 27.2 Å². The van der Waals surface area contributed by atoms with Crippen molar-refractivity contribution in [3.63, 3.8) is 0 Å². The van der Waals surface area contributed by atoms with Gasteiger partial charge < -0.3 is 10.1 Å². The fourth-order valence-electron chi connectivity index (χ4n) is 1.87. The van der Waals surface area contributed by atoms with E-state index in [-0.39, 0.29) is 24.3 Å². The summed E-state index contributed by atoms with van der Waals surface area (Å²) in [5, 5.41) is 3.54. The van der Waals surface area contributed by atoms with Crippen molar-refractivity contribution in [1.29, 1.82) is 0 Å². The largest absolute Gasteiger partial charge is 0.459 e. The lowest BCUT2D eigenvalue weighted by atomic mass is 10.2. The van der Waals surface area contributed by atoms with Gasteiger partial charge in [0.2, 0.25) is 0 Å². The molecule has 0 amide bonds. The molecule has 8 heteroatoms. The first kappa shape index (κ1) is 20.1. The van der Waals surface area contributed by atoms with Crippen LogP contribution in [0.4, 0.5) is 14.6 Å². The number of anilines is 1. The van der Waals surface area contributed by atoms with Crippen molar-refractivity contribution in [3.8, 4) is 6.01 Å². The van der Waals surface area contributed by atoms with Gasteiger partial charge in [0.05, 0.1) is 6.20 Å². The second-order valence-corrected chi connectivity index (χ2v) is 6.51. The highest BCUT2D eigenvalue weighted by molar-refractivity contribution is 8.14. The van der Waals surface area contributed by atoms with Gasteiger partial charge in [-0.15, -0.1) is 0 Å². The van der Waals surface area contributed by atoms with E-state index in [0.717, 1.165) is 30.4 Å². The van der Waals surface area contributed by atoms with Crippen LogP contribution in [-0.2, 0) is 6.61 Å². The SMILES string of the molecule is CCC/N=C(/Nc1nc(OCc2ccc(F)cc2)ncc1F)SCCC. The number of aliphatic imine (C=N–C) groups is 1. The predicted octanol–water partition coefficient (Wildman–Crippen LogP) is 4.65. The Kier molecular flexibility index (Phi) is 8.27. The van der Waals surface area contributed by atoms with Crippen molar-refractivity contribution in [2.24, 2.45) is 4.99 Å². The number of rotatable bonds is 8. The molecule has 2 rings (SSSR count). The number of nitrogens with zero attached hydrogens (tertiary/aromatic N) is 3. The van der Waals surface area contributed by atoms with E-state index in [1.165, 1.54) is 23.9 Å². The first-order chi connectivity index (χ1) is 12.6. The minimum absolute atomic E-state index is 0.0209. The fourth-order valence-corrected chi connectivity index (χ4v) is 2.62. The van der Waals surface area contributed by atoms with E-state index >= 15 is 0 Å². The fraction of sp³-hybridized carbons (Fsp3) is 0.389. The Morgan fingerprint density at radius 1 is 1.19 bits per heavy atom. The molecule has 1 aromatic heterocycles. The van der Waals surface area contributed by atoms with Crippen LogP contribution in [0.1, 0.15) is 32.3 Å². The number of nitrogens with one attached hydrogen (secondary N) is 1. The highest BCUT2D eigenvalue weighted by Gasteiger charge is 2.11. The maximum absolute atomic E-state index is 14.0. The number of ether oxygens (including phenoxy) is 1. The number of halogens is 2. The summed E-state index contributed by atoms with van der Waals surface area (Å²) in [7, 11) is 0. The summed E-state index contributed by atoms with van der Waals surface area (Å²) >= 11 is 1.52. The van der Waals surface area contributed by atoms with Crippen molar-refractivity contribution in [2.75, 3.05) is 17.6 Å². The molecule has 0 fully saturated rings. The first-order valence-electron chi connectivity index (χ1n) is 8.46. The molecular weight excluding hydrogens is 358 g/mol. The van der Waals surface area contributed by atoms with Gasteiger partial charge in [-0.1, -0.05) is 37.7 Å². The van der Waals surface area contributed by atoms with Crippen molar-refractivity contribution in [2.45, 2.75) is 33.3 Å². The minimum atomic E-state index is -0.583. The molecule has 1 heterocycles. The lowest BCUT2D eigenvalue weighted by molar-refractivity contribution is 0.280. The van der Waals surface area contributed by atoms with Crippen LogP contribution >= 0.6 is 11.8 Å². The monoisotopic (exact) mass is 380 g/mol. The van der Waals surface area contributed by atoms with Gasteiger partial charge in [0.1, 0.15) is 12.4 Å². The third kappa shape index (κ3) is 6.59. The van der Waals surface area contributed by atoms with Crippen molar-refractivity contribution >= 4 is 22.7 Å². The minimum Gasteiger partial charge on any atom is -0.459 e. The third-order valence-electron chi connectivity index (χ3n) is 3.15. The van der Waals surface area contributed by atoms with E-state index in [1.54, 1.807) is 12.1 Å². The summed E-state index contributed by atoms with van der Waals surface area (Å²) in [5.41, 5.74) is 0.762. The van der Waals surface area contributed by atoms with E-state index in [1.807, 2.05) is 6.92 Å². The van der Waals surface area contributed by atoms with Gasteiger partial charge in [-0.05, 0) is 30.5 Å². The van der Waals surface area contributed by atoms with E-state index in [0.29, 0.717) is 11.7 Å². The van der Waals surface area contributed by atoms with Crippen LogP contribution in [0, 0.1) is 11.6 Å². The molecule has 0 aliphatic carbocycles. The molecule has 1 N–H and O–H groups in total. The van der Waals surface area contributed by atoms with E-state index < -0.39 is 5.82 Å². The molecule has 0 atom stereocenters. The highest BCUT2D eigenvalue weighted by Crippen LogP contribution is 2.17. The van der Waals surface area contributed by atoms with Gasteiger partial charge in [-0.3, -0.25) is 4.99 Å². The summed E-state index contributed by atoms with van der Waals surface area (Å²) in [6.07, 6.45) is 2.93. The van der Waals surface area contributed by atoms with E-state index in [4.69, 9.17) is 4.74 Å². The number of amidine groups is 1. The quantitative estimate of drug-likeness (QED) is 0.533. The van der Waals surface area contributed by atoms with Gasteiger partial charge in [-0.2, -0.15) is 4.98 Å². The third-order valence-corrected chi connectivity index (χ3v) is 4.27. The molecule has 5 nitrogen and oxygen atoms in total. The zero-order chi connectivity index (χ0) is 18.8. The maximum atomic E-state index is 14.0. The van der Waals surface area contributed by atoms with Gasteiger partial charge in [0, 0.05) is 12.3 Å². The summed E-state index contributed by atoms with van der Waals surface area (Å²) in [6, 6.07) is 5.94. The lowest BCUT2D eigenvalue weighted by Crippen LogP contribution is -2.13. The first-order valence-corrected chi connectivity index (χ1v) is 9.45. The van der Waals surface area contributed by atoms with Crippen LogP contribution in [0.3, 0.4) is 0 Å². The Morgan fingerprint density at radius 3 is 2.65 bits per heavy atom. The molecule has 0 spiro atoms. The molecule has 0 unspecified atom stereocenters. The highest BCUT2D eigenvalue weighted by atomic mass is 32.2. The zero-order valence-corrected chi connectivity index (χ0v) is 15.7. The number of benzene rings is 1. The van der Waals surface area contributed by atoms with Crippen LogP contribution in [0.5, 0.6) is 6.01 Å². The molecular formula is C18H22F2N4OS. The predicted molar refractivity (Wildman–Crippen MR) is 102 cm³/mol. The van der Waals surface area contributed by atoms with Crippen molar-refractivity contribution in [1.82, 2.24) is 9.97 Å². The van der Waals surface area contributed by atoms with Gasteiger partial charge in [0.25, 0.3) is 0 Å². The number of aromatic nitrogens is 2. The molecule has 1 aromatic carbocycles.